The van der Waals surface area contributed by atoms with E-state index >= 15 is 0 Å². The van der Waals surface area contributed by atoms with Crippen molar-refractivity contribution in [1.82, 2.24) is 4.98 Å². The lowest BCUT2D eigenvalue weighted by Gasteiger charge is -2.17. The topological polar surface area (TPSA) is 123 Å². The Hall–Kier alpha value is -5.20. The second-order valence-electron chi connectivity index (χ2n) is 8.50. The van der Waals surface area contributed by atoms with Crippen LogP contribution in [0.4, 0.5) is 11.5 Å². The van der Waals surface area contributed by atoms with Gasteiger partial charge in [-0.05, 0) is 55.0 Å². The summed E-state index contributed by atoms with van der Waals surface area (Å²) < 4.78 is 16.3. The fourth-order valence-electron chi connectivity index (χ4n) is 3.95. The number of rotatable bonds is 10. The summed E-state index contributed by atoms with van der Waals surface area (Å²) in [6.45, 7) is 3.59. The predicted octanol–water partition coefficient (Wildman–Crippen LogP) is 5.69. The highest BCUT2D eigenvalue weighted by Gasteiger charge is 2.20. The van der Waals surface area contributed by atoms with Crippen molar-refractivity contribution >= 4 is 23.3 Å². The first kappa shape index (κ1) is 27.8. The van der Waals surface area contributed by atoms with Crippen LogP contribution < -0.4 is 20.1 Å². The molecule has 0 aliphatic heterocycles. The number of nitrogens with zero attached hydrogens (tertiary/aromatic N) is 2. The Balaban J connectivity index is 1.91. The van der Waals surface area contributed by atoms with Crippen LogP contribution in [0.5, 0.6) is 11.5 Å². The molecule has 0 atom stereocenters. The number of hydrogen-bond acceptors (Lipinski definition) is 7. The lowest BCUT2D eigenvalue weighted by atomic mass is 9.97. The smallest absolute Gasteiger partial charge is 0.256 e. The van der Waals surface area contributed by atoms with Crippen molar-refractivity contribution < 1.29 is 23.8 Å². The number of nitrogens with one attached hydrogen (secondary N) is 2. The molecule has 3 aromatic carbocycles. The molecule has 201 valence electrons. The fraction of sp³-hybridized carbons (Fsp3) is 0.129. The van der Waals surface area contributed by atoms with Crippen LogP contribution in [-0.2, 0) is 9.53 Å². The standard InChI is InChI=1S/C31H27N4O5/c1-4-29(36)33-22-12-8-11-21(15-22)25-17-27(24-14-13-23(39-3)16-28(24)40-19-38-2)34-30(26(25)18-32)35-31(37)20-9-6-5-7-10-20/h5-17H,1,4,19H2,2-3H3,(H,33,36)(H,34,35,37). The van der Waals surface area contributed by atoms with Crippen molar-refractivity contribution in [2.75, 3.05) is 31.6 Å². The van der Waals surface area contributed by atoms with E-state index in [9.17, 15) is 14.9 Å². The van der Waals surface area contributed by atoms with Gasteiger partial charge < -0.3 is 24.8 Å². The first-order valence-electron chi connectivity index (χ1n) is 12.3. The van der Waals surface area contributed by atoms with Crippen molar-refractivity contribution in [2.24, 2.45) is 0 Å². The van der Waals surface area contributed by atoms with Crippen LogP contribution in [0, 0.1) is 18.3 Å². The number of methoxy groups -OCH3 is 2. The minimum Gasteiger partial charge on any atom is -0.497 e. The molecule has 9 heteroatoms. The van der Waals surface area contributed by atoms with Gasteiger partial charge in [0.1, 0.15) is 23.1 Å². The van der Waals surface area contributed by atoms with Gasteiger partial charge in [-0.3, -0.25) is 9.59 Å². The average Bonchev–Trinajstić information content (AvgIpc) is 2.99. The Morgan fingerprint density at radius 2 is 1.75 bits per heavy atom. The molecule has 0 fully saturated rings. The first-order valence-corrected chi connectivity index (χ1v) is 12.3. The van der Waals surface area contributed by atoms with Crippen molar-refractivity contribution in [3.8, 4) is 40.0 Å². The van der Waals surface area contributed by atoms with Gasteiger partial charge in [0, 0.05) is 42.0 Å². The van der Waals surface area contributed by atoms with E-state index < -0.39 is 5.91 Å². The Kier molecular flexibility index (Phi) is 9.07. The molecule has 4 rings (SSSR count). The third-order valence-electron chi connectivity index (χ3n) is 5.88. The first-order chi connectivity index (χ1) is 19.5. The van der Waals surface area contributed by atoms with Crippen LogP contribution in [0.15, 0.2) is 78.9 Å². The third-order valence-corrected chi connectivity index (χ3v) is 5.88. The van der Waals surface area contributed by atoms with E-state index in [1.165, 1.54) is 7.11 Å². The number of aromatic nitrogens is 1. The van der Waals surface area contributed by atoms with Crippen LogP contribution in [0.3, 0.4) is 0 Å². The zero-order valence-electron chi connectivity index (χ0n) is 22.1. The van der Waals surface area contributed by atoms with Gasteiger partial charge in [0.2, 0.25) is 5.91 Å². The maximum atomic E-state index is 13.1. The second kappa shape index (κ2) is 13.0. The largest absolute Gasteiger partial charge is 0.497 e. The summed E-state index contributed by atoms with van der Waals surface area (Å²) in [5, 5.41) is 15.8. The Labute approximate surface area is 232 Å². The minimum atomic E-state index is -0.422. The molecule has 2 amide bonds. The van der Waals surface area contributed by atoms with Gasteiger partial charge in [0.25, 0.3) is 5.91 Å². The van der Waals surface area contributed by atoms with Crippen LogP contribution in [0.1, 0.15) is 22.3 Å². The number of hydrogen-bond donors (Lipinski definition) is 2. The number of amides is 2. The normalized spacial score (nSPS) is 10.3. The summed E-state index contributed by atoms with van der Waals surface area (Å²) in [6, 6.07) is 24.8. The molecule has 0 saturated carbocycles. The van der Waals surface area contributed by atoms with Crippen LogP contribution >= 0.6 is 0 Å². The third kappa shape index (κ3) is 6.43. The summed E-state index contributed by atoms with van der Waals surface area (Å²) in [7, 11) is 3.06. The fourth-order valence-corrected chi connectivity index (χ4v) is 3.95. The molecule has 1 heterocycles. The van der Waals surface area contributed by atoms with E-state index in [0.29, 0.717) is 45.1 Å². The Bertz CT molecular complexity index is 1560. The van der Waals surface area contributed by atoms with Crippen molar-refractivity contribution in [3.63, 3.8) is 0 Å². The zero-order chi connectivity index (χ0) is 28.5. The maximum Gasteiger partial charge on any atom is 0.256 e. The highest BCUT2D eigenvalue weighted by atomic mass is 16.7. The number of benzene rings is 3. The van der Waals surface area contributed by atoms with Gasteiger partial charge in [-0.1, -0.05) is 30.3 Å². The lowest BCUT2D eigenvalue weighted by Crippen LogP contribution is -2.15. The van der Waals surface area contributed by atoms with E-state index in [0.717, 1.165) is 0 Å². The molecular weight excluding hydrogens is 508 g/mol. The average molecular weight is 536 g/mol. The molecule has 0 aliphatic carbocycles. The second-order valence-corrected chi connectivity index (χ2v) is 8.50. The zero-order valence-corrected chi connectivity index (χ0v) is 22.1. The SMILES string of the molecule is [CH2]CC(=O)Nc1cccc(-c2cc(-c3ccc(OC)cc3OCOC)nc(NC(=O)c3ccccc3)c2C#N)c1. The summed E-state index contributed by atoms with van der Waals surface area (Å²) >= 11 is 0. The number of carbonyl (C=O) groups excluding carboxylic acids is 2. The van der Waals surface area contributed by atoms with Crippen LogP contribution in [0.2, 0.25) is 0 Å². The monoisotopic (exact) mass is 535 g/mol. The molecule has 2 N–H and O–H groups in total. The van der Waals surface area contributed by atoms with Gasteiger partial charge in [0.05, 0.1) is 12.8 Å². The molecule has 0 aliphatic rings. The molecule has 0 unspecified atom stereocenters. The van der Waals surface area contributed by atoms with E-state index in [2.05, 4.69) is 28.6 Å². The summed E-state index contributed by atoms with van der Waals surface area (Å²) in [6.07, 6.45) is 0.0739. The van der Waals surface area contributed by atoms with Gasteiger partial charge in [0.15, 0.2) is 12.6 Å². The number of nitriles is 1. The summed E-state index contributed by atoms with van der Waals surface area (Å²) in [4.78, 5) is 29.7. The molecule has 9 nitrogen and oxygen atoms in total. The molecule has 4 aromatic rings. The van der Waals surface area contributed by atoms with Gasteiger partial charge >= 0.3 is 0 Å². The van der Waals surface area contributed by atoms with Gasteiger partial charge in [-0.15, -0.1) is 0 Å². The Morgan fingerprint density at radius 1 is 0.950 bits per heavy atom. The number of ether oxygens (including phenoxy) is 3. The van der Waals surface area contributed by atoms with Crippen molar-refractivity contribution in [1.29, 1.82) is 5.26 Å². The van der Waals surface area contributed by atoms with E-state index in [-0.39, 0.29) is 30.5 Å². The summed E-state index contributed by atoms with van der Waals surface area (Å²) in [5.41, 5.74) is 3.24. The minimum absolute atomic E-state index is 0.0189. The molecule has 40 heavy (non-hydrogen) atoms. The van der Waals surface area contributed by atoms with Gasteiger partial charge in [-0.25, -0.2) is 4.98 Å². The van der Waals surface area contributed by atoms with E-state index in [1.54, 1.807) is 86.0 Å². The van der Waals surface area contributed by atoms with Crippen LogP contribution in [-0.4, -0.2) is 37.8 Å². The number of carbonyl (C=O) groups is 2. The predicted molar refractivity (Wildman–Crippen MR) is 152 cm³/mol. The van der Waals surface area contributed by atoms with Crippen molar-refractivity contribution in [3.05, 3.63) is 96.9 Å². The highest BCUT2D eigenvalue weighted by molar-refractivity contribution is 6.05. The number of pyridine rings is 1. The van der Waals surface area contributed by atoms with E-state index in [1.807, 2.05) is 0 Å². The molecule has 1 aromatic heterocycles. The van der Waals surface area contributed by atoms with Crippen molar-refractivity contribution in [2.45, 2.75) is 6.42 Å². The highest BCUT2D eigenvalue weighted by Crippen LogP contribution is 2.38. The maximum absolute atomic E-state index is 13.1. The Morgan fingerprint density at radius 3 is 2.45 bits per heavy atom. The molecular formula is C31H27N4O5. The van der Waals surface area contributed by atoms with Crippen LogP contribution in [0.25, 0.3) is 22.4 Å². The molecule has 0 bridgehead atoms. The molecule has 0 saturated heterocycles. The molecule has 1 radical (unpaired) electrons. The molecule has 0 spiro atoms. The van der Waals surface area contributed by atoms with E-state index in [4.69, 9.17) is 14.2 Å². The summed E-state index contributed by atoms with van der Waals surface area (Å²) in [5.74, 6) is 0.401. The quantitative estimate of drug-likeness (QED) is 0.250. The van der Waals surface area contributed by atoms with Gasteiger partial charge in [-0.2, -0.15) is 5.26 Å². The lowest BCUT2D eigenvalue weighted by molar-refractivity contribution is -0.115. The number of anilines is 2.